The van der Waals surface area contributed by atoms with Crippen LogP contribution in [0.15, 0.2) is 18.2 Å². The molecule has 0 saturated heterocycles. The summed E-state index contributed by atoms with van der Waals surface area (Å²) < 4.78 is 0. The molecule has 0 heterocycles. The number of carbonyl (C=O) groups is 1. The van der Waals surface area contributed by atoms with Crippen LogP contribution in [-0.4, -0.2) is 23.3 Å². The predicted octanol–water partition coefficient (Wildman–Crippen LogP) is 2.98. The summed E-state index contributed by atoms with van der Waals surface area (Å²) in [4.78, 5) is 12.0. The Morgan fingerprint density at radius 2 is 1.68 bits per heavy atom. The number of carbonyl (C=O) groups excluding carboxylic acids is 1. The van der Waals surface area contributed by atoms with Crippen LogP contribution in [0.1, 0.15) is 37.8 Å². The molecule has 2 amide bonds. The normalized spacial score (nSPS) is 11.2. The molecule has 0 spiro atoms. The molecule has 0 aliphatic carbocycles. The summed E-state index contributed by atoms with van der Waals surface area (Å²) in [5, 5.41) is 15.1. The van der Waals surface area contributed by atoms with E-state index in [0.29, 0.717) is 12.8 Å². The highest BCUT2D eigenvalue weighted by molar-refractivity contribution is 5.90. The van der Waals surface area contributed by atoms with Crippen LogP contribution in [-0.2, 0) is 0 Å². The van der Waals surface area contributed by atoms with Crippen LogP contribution in [0.4, 0.5) is 10.5 Å². The smallest absolute Gasteiger partial charge is 0.319 e. The van der Waals surface area contributed by atoms with Crippen molar-refractivity contribution < 1.29 is 9.90 Å². The second kappa shape index (κ2) is 6.57. The number of hydrogen-bond acceptors (Lipinski definition) is 2. The first-order chi connectivity index (χ1) is 8.94. The van der Waals surface area contributed by atoms with Gasteiger partial charge in [0.05, 0.1) is 12.1 Å². The van der Waals surface area contributed by atoms with Crippen molar-refractivity contribution in [1.29, 1.82) is 0 Å². The van der Waals surface area contributed by atoms with Gasteiger partial charge in [0.25, 0.3) is 0 Å². The minimum atomic E-state index is -0.539. The van der Waals surface area contributed by atoms with Gasteiger partial charge in [0, 0.05) is 5.69 Å². The number of aliphatic hydroxyl groups excluding tert-OH is 1. The van der Waals surface area contributed by atoms with Crippen molar-refractivity contribution in [1.82, 2.24) is 5.32 Å². The van der Waals surface area contributed by atoms with Crippen LogP contribution in [0.3, 0.4) is 0 Å². The van der Waals surface area contributed by atoms with Gasteiger partial charge < -0.3 is 15.7 Å². The number of aryl methyl sites for hydroxylation is 2. The number of aliphatic hydroxyl groups is 1. The number of amides is 2. The minimum Gasteiger partial charge on any atom is -0.394 e. The van der Waals surface area contributed by atoms with E-state index in [1.807, 2.05) is 39.8 Å². The molecule has 1 aromatic carbocycles. The highest BCUT2D eigenvalue weighted by Crippen LogP contribution is 2.16. The van der Waals surface area contributed by atoms with Gasteiger partial charge in [0.1, 0.15) is 0 Å². The summed E-state index contributed by atoms with van der Waals surface area (Å²) in [5.41, 5.74) is 2.45. The van der Waals surface area contributed by atoms with Crippen molar-refractivity contribution in [3.63, 3.8) is 0 Å². The van der Waals surface area contributed by atoms with E-state index >= 15 is 0 Å². The van der Waals surface area contributed by atoms with Crippen LogP contribution >= 0.6 is 0 Å². The quantitative estimate of drug-likeness (QED) is 0.765. The summed E-state index contributed by atoms with van der Waals surface area (Å²) in [6, 6.07) is 5.62. The zero-order valence-corrected chi connectivity index (χ0v) is 12.2. The molecule has 0 atom stereocenters. The summed E-state index contributed by atoms with van der Waals surface area (Å²) in [6.45, 7) is 7.84. The fraction of sp³-hybridized carbons (Fsp3) is 0.533. The standard InChI is InChI=1S/C15H24N2O2/c1-5-15(6-2,10-18)17-14(19)16-13-8-11(3)7-12(4)9-13/h7-9,18H,5-6,10H2,1-4H3,(H2,16,17,19). The van der Waals surface area contributed by atoms with Crippen molar-refractivity contribution in [3.05, 3.63) is 29.3 Å². The Labute approximate surface area is 115 Å². The molecule has 0 fully saturated rings. The average molecular weight is 264 g/mol. The summed E-state index contributed by atoms with van der Waals surface area (Å²) in [7, 11) is 0. The fourth-order valence-corrected chi connectivity index (χ4v) is 2.14. The number of nitrogens with one attached hydrogen (secondary N) is 2. The predicted molar refractivity (Wildman–Crippen MR) is 78.5 cm³/mol. The topological polar surface area (TPSA) is 61.4 Å². The molecule has 0 aliphatic rings. The van der Waals surface area contributed by atoms with Gasteiger partial charge >= 0.3 is 6.03 Å². The van der Waals surface area contributed by atoms with Crippen LogP contribution < -0.4 is 10.6 Å². The molecule has 4 heteroatoms. The van der Waals surface area contributed by atoms with E-state index in [-0.39, 0.29) is 12.6 Å². The molecule has 0 saturated carbocycles. The zero-order valence-electron chi connectivity index (χ0n) is 12.2. The molecular formula is C15H24N2O2. The van der Waals surface area contributed by atoms with Crippen molar-refractivity contribution in [2.24, 2.45) is 0 Å². The van der Waals surface area contributed by atoms with Gasteiger partial charge in [-0.2, -0.15) is 0 Å². The number of urea groups is 1. The van der Waals surface area contributed by atoms with Gasteiger partial charge in [-0.25, -0.2) is 4.79 Å². The van der Waals surface area contributed by atoms with Gasteiger partial charge in [-0.1, -0.05) is 19.9 Å². The van der Waals surface area contributed by atoms with Gasteiger partial charge in [-0.3, -0.25) is 0 Å². The Bertz CT molecular complexity index is 411. The number of hydrogen-bond donors (Lipinski definition) is 3. The second-order valence-electron chi connectivity index (χ2n) is 5.10. The first kappa shape index (κ1) is 15.5. The van der Waals surface area contributed by atoms with Crippen LogP contribution in [0.2, 0.25) is 0 Å². The molecule has 0 aliphatic heterocycles. The Morgan fingerprint density at radius 1 is 1.16 bits per heavy atom. The molecule has 0 bridgehead atoms. The molecule has 1 rings (SSSR count). The first-order valence-electron chi connectivity index (χ1n) is 6.73. The van der Waals surface area contributed by atoms with Gasteiger partial charge in [-0.15, -0.1) is 0 Å². The van der Waals surface area contributed by atoms with E-state index in [1.54, 1.807) is 0 Å². The maximum Gasteiger partial charge on any atom is 0.319 e. The fourth-order valence-electron chi connectivity index (χ4n) is 2.14. The Balaban J connectivity index is 2.74. The molecule has 1 aromatic rings. The Morgan fingerprint density at radius 3 is 2.11 bits per heavy atom. The third-order valence-corrected chi connectivity index (χ3v) is 3.51. The van der Waals surface area contributed by atoms with Gasteiger partial charge in [0.15, 0.2) is 0 Å². The maximum atomic E-state index is 12.0. The zero-order chi connectivity index (χ0) is 14.5. The lowest BCUT2D eigenvalue weighted by atomic mass is 9.94. The van der Waals surface area contributed by atoms with Crippen molar-refractivity contribution in [2.45, 2.75) is 46.1 Å². The number of rotatable bonds is 5. The molecule has 0 unspecified atom stereocenters. The third kappa shape index (κ3) is 4.24. The van der Waals surface area contributed by atoms with Crippen molar-refractivity contribution in [2.75, 3.05) is 11.9 Å². The van der Waals surface area contributed by atoms with Crippen LogP contribution in [0.25, 0.3) is 0 Å². The highest BCUT2D eigenvalue weighted by atomic mass is 16.3. The van der Waals surface area contributed by atoms with E-state index in [1.165, 1.54) is 0 Å². The van der Waals surface area contributed by atoms with Crippen LogP contribution in [0, 0.1) is 13.8 Å². The van der Waals surface area contributed by atoms with E-state index in [9.17, 15) is 9.90 Å². The van der Waals surface area contributed by atoms with Crippen molar-refractivity contribution >= 4 is 11.7 Å². The third-order valence-electron chi connectivity index (χ3n) is 3.51. The van der Waals surface area contributed by atoms with E-state index < -0.39 is 5.54 Å². The maximum absolute atomic E-state index is 12.0. The highest BCUT2D eigenvalue weighted by Gasteiger charge is 2.27. The van der Waals surface area contributed by atoms with E-state index in [0.717, 1.165) is 16.8 Å². The van der Waals surface area contributed by atoms with Gasteiger partial charge in [-0.05, 0) is 49.9 Å². The van der Waals surface area contributed by atoms with E-state index in [4.69, 9.17) is 0 Å². The Hall–Kier alpha value is -1.55. The first-order valence-corrected chi connectivity index (χ1v) is 6.73. The molecule has 0 radical (unpaired) electrons. The monoisotopic (exact) mass is 264 g/mol. The molecule has 4 nitrogen and oxygen atoms in total. The lowest BCUT2D eigenvalue weighted by Crippen LogP contribution is -2.52. The second-order valence-corrected chi connectivity index (χ2v) is 5.10. The molecule has 106 valence electrons. The lowest BCUT2D eigenvalue weighted by molar-refractivity contribution is 0.155. The molecular weight excluding hydrogens is 240 g/mol. The Kier molecular flexibility index (Phi) is 5.36. The molecule has 3 N–H and O–H groups in total. The van der Waals surface area contributed by atoms with Crippen molar-refractivity contribution in [3.8, 4) is 0 Å². The van der Waals surface area contributed by atoms with E-state index in [2.05, 4.69) is 16.7 Å². The molecule has 19 heavy (non-hydrogen) atoms. The molecule has 0 aromatic heterocycles. The van der Waals surface area contributed by atoms with Gasteiger partial charge in [0.2, 0.25) is 0 Å². The largest absolute Gasteiger partial charge is 0.394 e. The lowest BCUT2D eigenvalue weighted by Gasteiger charge is -2.30. The SMILES string of the molecule is CCC(CC)(CO)NC(=O)Nc1cc(C)cc(C)c1. The summed E-state index contributed by atoms with van der Waals surface area (Å²) in [5.74, 6) is 0. The number of anilines is 1. The summed E-state index contributed by atoms with van der Waals surface area (Å²) >= 11 is 0. The average Bonchev–Trinajstić information content (AvgIpc) is 2.35. The summed E-state index contributed by atoms with van der Waals surface area (Å²) in [6.07, 6.45) is 1.39. The minimum absolute atomic E-state index is 0.0553. The number of benzene rings is 1. The van der Waals surface area contributed by atoms with Crippen LogP contribution in [0.5, 0.6) is 0 Å².